The molecule has 0 saturated carbocycles. The summed E-state index contributed by atoms with van der Waals surface area (Å²) in [5.41, 5.74) is 0.263. The fourth-order valence-electron chi connectivity index (χ4n) is 2.54. The van der Waals surface area contributed by atoms with Crippen LogP contribution >= 0.6 is 0 Å². The normalized spacial score (nSPS) is 13.2. The number of rotatable bonds is 10. The van der Waals surface area contributed by atoms with Crippen LogP contribution in [0.1, 0.15) is 39.2 Å². The van der Waals surface area contributed by atoms with E-state index in [0.717, 1.165) is 32.1 Å². The molecule has 1 unspecified atom stereocenters. The highest BCUT2D eigenvalue weighted by atomic mass is 32.2. The topological polar surface area (TPSA) is 92.6 Å². The first-order valence-electron chi connectivity index (χ1n) is 8.21. The number of non-ortho nitro benzene ring substituents is 1. The molecule has 136 valence electrons. The molecule has 0 heterocycles. The van der Waals surface area contributed by atoms with E-state index < -0.39 is 14.9 Å². The Kier molecular flexibility index (Phi) is 7.78. The Hall–Kier alpha value is -1.51. The second-order valence-electron chi connectivity index (χ2n) is 5.90. The minimum atomic E-state index is -3.78. The van der Waals surface area contributed by atoms with E-state index in [0.29, 0.717) is 12.0 Å². The monoisotopic (exact) mass is 357 g/mol. The summed E-state index contributed by atoms with van der Waals surface area (Å²) in [4.78, 5) is 12.5. The van der Waals surface area contributed by atoms with E-state index in [1.165, 1.54) is 12.1 Å². The van der Waals surface area contributed by atoms with Crippen molar-refractivity contribution in [2.75, 3.05) is 19.6 Å². The third-order valence-corrected chi connectivity index (χ3v) is 5.77. The standard InChI is InChI=1S/C16H27N3O4S/c1-5-18(6-2)11-7-8-14(4)17-24(22,23)16-12-15(19(20)21)10-9-13(16)3/h9-10,12,14,17H,5-8,11H2,1-4H3. The van der Waals surface area contributed by atoms with Crippen LogP contribution in [0, 0.1) is 17.0 Å². The lowest BCUT2D eigenvalue weighted by Crippen LogP contribution is -2.34. The third kappa shape index (κ3) is 5.85. The van der Waals surface area contributed by atoms with Gasteiger partial charge in [0.05, 0.1) is 9.82 Å². The molecule has 0 saturated heterocycles. The first kappa shape index (κ1) is 20.5. The molecule has 0 radical (unpaired) electrons. The van der Waals surface area contributed by atoms with Crippen molar-refractivity contribution < 1.29 is 13.3 Å². The Balaban J connectivity index is 2.75. The zero-order chi connectivity index (χ0) is 18.3. The van der Waals surface area contributed by atoms with Crippen molar-refractivity contribution in [1.82, 2.24) is 9.62 Å². The second-order valence-corrected chi connectivity index (χ2v) is 7.58. The summed E-state index contributed by atoms with van der Waals surface area (Å²) in [5, 5.41) is 10.9. The van der Waals surface area contributed by atoms with Crippen molar-refractivity contribution in [3.63, 3.8) is 0 Å². The molecule has 0 amide bonds. The summed E-state index contributed by atoms with van der Waals surface area (Å²) >= 11 is 0. The zero-order valence-corrected chi connectivity index (χ0v) is 15.6. The first-order chi connectivity index (χ1) is 11.2. The van der Waals surface area contributed by atoms with Crippen molar-refractivity contribution in [1.29, 1.82) is 0 Å². The number of hydrogen-bond acceptors (Lipinski definition) is 5. The highest BCUT2D eigenvalue weighted by Crippen LogP contribution is 2.22. The molecule has 8 heteroatoms. The van der Waals surface area contributed by atoms with Gasteiger partial charge in [0.1, 0.15) is 0 Å². The Morgan fingerprint density at radius 1 is 1.29 bits per heavy atom. The number of benzene rings is 1. The number of nitrogens with zero attached hydrogens (tertiary/aromatic N) is 2. The maximum atomic E-state index is 12.5. The Bertz CT molecular complexity index is 657. The van der Waals surface area contributed by atoms with Gasteiger partial charge >= 0.3 is 0 Å². The van der Waals surface area contributed by atoms with Crippen LogP contribution in [0.3, 0.4) is 0 Å². The minimum Gasteiger partial charge on any atom is -0.304 e. The Morgan fingerprint density at radius 2 is 1.92 bits per heavy atom. The molecule has 0 aliphatic rings. The number of nitro groups is 1. The molecule has 1 atom stereocenters. The minimum absolute atomic E-state index is 0.0349. The van der Waals surface area contributed by atoms with Crippen LogP contribution in [0.4, 0.5) is 5.69 Å². The molecule has 7 nitrogen and oxygen atoms in total. The number of aryl methyl sites for hydroxylation is 1. The highest BCUT2D eigenvalue weighted by Gasteiger charge is 2.22. The van der Waals surface area contributed by atoms with Crippen molar-refractivity contribution in [3.05, 3.63) is 33.9 Å². The summed E-state index contributed by atoms with van der Waals surface area (Å²) in [7, 11) is -3.78. The van der Waals surface area contributed by atoms with Crippen molar-refractivity contribution in [3.8, 4) is 0 Å². The lowest BCUT2D eigenvalue weighted by molar-refractivity contribution is -0.385. The van der Waals surface area contributed by atoms with E-state index in [4.69, 9.17) is 0 Å². The van der Waals surface area contributed by atoms with Crippen LogP contribution < -0.4 is 4.72 Å². The maximum absolute atomic E-state index is 12.5. The quantitative estimate of drug-likeness (QED) is 0.513. The van der Waals surface area contributed by atoms with E-state index in [1.54, 1.807) is 6.92 Å². The second kappa shape index (κ2) is 9.10. The van der Waals surface area contributed by atoms with Crippen LogP contribution in [0.25, 0.3) is 0 Å². The van der Waals surface area contributed by atoms with Gasteiger partial charge in [-0.15, -0.1) is 0 Å². The summed E-state index contributed by atoms with van der Waals surface area (Å²) in [5.74, 6) is 0. The van der Waals surface area contributed by atoms with Crippen molar-refractivity contribution >= 4 is 15.7 Å². The Labute approximate surface area is 144 Å². The van der Waals surface area contributed by atoms with E-state index >= 15 is 0 Å². The van der Waals surface area contributed by atoms with Crippen LogP contribution in [0.15, 0.2) is 23.1 Å². The molecule has 0 spiro atoms. The first-order valence-corrected chi connectivity index (χ1v) is 9.69. The number of hydrogen-bond donors (Lipinski definition) is 1. The van der Waals surface area contributed by atoms with Gasteiger partial charge in [0, 0.05) is 18.2 Å². The zero-order valence-electron chi connectivity index (χ0n) is 14.8. The van der Waals surface area contributed by atoms with Crippen LogP contribution in [0.5, 0.6) is 0 Å². The van der Waals surface area contributed by atoms with Gasteiger partial charge in [0.25, 0.3) is 5.69 Å². The fraction of sp³-hybridized carbons (Fsp3) is 0.625. The average molecular weight is 357 g/mol. The van der Waals surface area contributed by atoms with Gasteiger partial charge in [0.15, 0.2) is 0 Å². The molecule has 0 fully saturated rings. The van der Waals surface area contributed by atoms with E-state index in [9.17, 15) is 18.5 Å². The molecule has 0 bridgehead atoms. The van der Waals surface area contributed by atoms with Crippen molar-refractivity contribution in [2.24, 2.45) is 0 Å². The SMILES string of the molecule is CCN(CC)CCCC(C)NS(=O)(=O)c1cc([N+](=O)[O-])ccc1C. The summed E-state index contributed by atoms with van der Waals surface area (Å²) in [6.45, 7) is 10.5. The van der Waals surface area contributed by atoms with E-state index in [-0.39, 0.29) is 16.6 Å². The molecule has 24 heavy (non-hydrogen) atoms. The third-order valence-electron chi connectivity index (χ3n) is 4.03. The molecule has 0 aliphatic carbocycles. The van der Waals surface area contributed by atoms with Gasteiger partial charge in [-0.2, -0.15) is 0 Å². The summed E-state index contributed by atoms with van der Waals surface area (Å²) in [6, 6.07) is 3.64. The molecule has 0 aromatic heterocycles. The molecular weight excluding hydrogens is 330 g/mol. The van der Waals surface area contributed by atoms with Gasteiger partial charge in [-0.1, -0.05) is 19.9 Å². The lowest BCUT2D eigenvalue weighted by atomic mass is 10.2. The van der Waals surface area contributed by atoms with Gasteiger partial charge in [-0.3, -0.25) is 10.1 Å². The average Bonchev–Trinajstić information content (AvgIpc) is 2.51. The van der Waals surface area contributed by atoms with Crippen LogP contribution in [0.2, 0.25) is 0 Å². The lowest BCUT2D eigenvalue weighted by Gasteiger charge is -2.20. The number of sulfonamides is 1. The summed E-state index contributed by atoms with van der Waals surface area (Å²) < 4.78 is 27.6. The van der Waals surface area contributed by atoms with Gasteiger partial charge in [-0.25, -0.2) is 13.1 Å². The number of nitrogens with one attached hydrogen (secondary N) is 1. The largest absolute Gasteiger partial charge is 0.304 e. The molecule has 0 aliphatic heterocycles. The Morgan fingerprint density at radius 3 is 2.46 bits per heavy atom. The van der Waals surface area contributed by atoms with E-state index in [1.807, 2.05) is 6.92 Å². The molecular formula is C16H27N3O4S. The van der Waals surface area contributed by atoms with Gasteiger partial charge in [0.2, 0.25) is 10.0 Å². The highest BCUT2D eigenvalue weighted by molar-refractivity contribution is 7.89. The van der Waals surface area contributed by atoms with Gasteiger partial charge < -0.3 is 4.90 Å². The molecule has 1 rings (SSSR count). The molecule has 1 aromatic carbocycles. The van der Waals surface area contributed by atoms with Crippen LogP contribution in [-0.4, -0.2) is 43.9 Å². The van der Waals surface area contributed by atoms with Crippen molar-refractivity contribution in [2.45, 2.75) is 51.5 Å². The van der Waals surface area contributed by atoms with Gasteiger partial charge in [-0.05, 0) is 51.9 Å². The smallest absolute Gasteiger partial charge is 0.270 e. The summed E-state index contributed by atoms with van der Waals surface area (Å²) in [6.07, 6.45) is 1.60. The number of nitro benzene ring substituents is 1. The fourth-order valence-corrected chi connectivity index (χ4v) is 4.08. The maximum Gasteiger partial charge on any atom is 0.270 e. The molecule has 1 N–H and O–H groups in total. The van der Waals surface area contributed by atoms with Crippen LogP contribution in [-0.2, 0) is 10.0 Å². The predicted octanol–water partition coefficient (Wildman–Crippen LogP) is 2.69. The molecule has 1 aromatic rings. The van der Waals surface area contributed by atoms with E-state index in [2.05, 4.69) is 23.5 Å². The predicted molar refractivity (Wildman–Crippen MR) is 94.6 cm³/mol.